The lowest BCUT2D eigenvalue weighted by molar-refractivity contribution is 0.600. The SMILES string of the molecule is O=c1[nH]c(NC(=S)N[C@H]2CS(=O)(=O)C[C@H]2Cl)nc2nc[nH]c12. The van der Waals surface area contributed by atoms with Crippen LogP contribution in [0.5, 0.6) is 0 Å². The minimum Gasteiger partial charge on any atom is -0.357 e. The number of fused-ring (bicyclic) bond motifs is 1. The fraction of sp³-hybridized carbons (Fsp3) is 0.400. The third-order valence-electron chi connectivity index (χ3n) is 3.13. The molecule has 1 fully saturated rings. The zero-order valence-electron chi connectivity index (χ0n) is 11.0. The molecule has 4 N–H and O–H groups in total. The number of hydrogen-bond acceptors (Lipinski definition) is 6. The van der Waals surface area contributed by atoms with E-state index in [4.69, 9.17) is 23.8 Å². The number of anilines is 1. The number of H-pyrrole nitrogens is 2. The maximum absolute atomic E-state index is 11.8. The topological polar surface area (TPSA) is 133 Å². The normalized spacial score (nSPS) is 23.5. The molecule has 1 saturated heterocycles. The van der Waals surface area contributed by atoms with Crippen molar-refractivity contribution in [2.45, 2.75) is 11.4 Å². The summed E-state index contributed by atoms with van der Waals surface area (Å²) >= 11 is 11.1. The summed E-state index contributed by atoms with van der Waals surface area (Å²) in [6.45, 7) is 0. The molecule has 22 heavy (non-hydrogen) atoms. The van der Waals surface area contributed by atoms with Gasteiger partial charge in [-0.15, -0.1) is 11.6 Å². The van der Waals surface area contributed by atoms with Crippen molar-refractivity contribution in [2.24, 2.45) is 0 Å². The summed E-state index contributed by atoms with van der Waals surface area (Å²) in [6.07, 6.45) is 1.36. The largest absolute Gasteiger partial charge is 0.357 e. The van der Waals surface area contributed by atoms with E-state index >= 15 is 0 Å². The molecule has 0 radical (unpaired) electrons. The Bertz CT molecular complexity index is 891. The highest BCUT2D eigenvalue weighted by molar-refractivity contribution is 7.91. The van der Waals surface area contributed by atoms with Crippen LogP contribution in [0.15, 0.2) is 11.1 Å². The van der Waals surface area contributed by atoms with Gasteiger partial charge in [0.2, 0.25) is 5.95 Å². The highest BCUT2D eigenvalue weighted by atomic mass is 35.5. The van der Waals surface area contributed by atoms with E-state index in [2.05, 4.69) is 30.6 Å². The van der Waals surface area contributed by atoms with E-state index in [1.54, 1.807) is 0 Å². The number of hydrogen-bond donors (Lipinski definition) is 4. The van der Waals surface area contributed by atoms with Gasteiger partial charge in [0.25, 0.3) is 5.56 Å². The second-order valence-electron chi connectivity index (χ2n) is 4.81. The fourth-order valence-corrected chi connectivity index (χ4v) is 4.95. The van der Waals surface area contributed by atoms with Crippen LogP contribution in [-0.4, -0.2) is 56.4 Å². The van der Waals surface area contributed by atoms with E-state index in [-0.39, 0.29) is 33.7 Å². The molecule has 0 amide bonds. The number of halogens is 1. The summed E-state index contributed by atoms with van der Waals surface area (Å²) in [5.41, 5.74) is 0.103. The Morgan fingerprint density at radius 3 is 2.91 bits per heavy atom. The molecule has 0 aromatic carbocycles. The highest BCUT2D eigenvalue weighted by Gasteiger charge is 2.36. The van der Waals surface area contributed by atoms with Gasteiger partial charge in [-0.2, -0.15) is 4.98 Å². The zero-order chi connectivity index (χ0) is 15.9. The number of aromatic amines is 2. The van der Waals surface area contributed by atoms with Crippen molar-refractivity contribution in [3.05, 3.63) is 16.7 Å². The van der Waals surface area contributed by atoms with Crippen molar-refractivity contribution < 1.29 is 8.42 Å². The van der Waals surface area contributed by atoms with Crippen LogP contribution < -0.4 is 16.2 Å². The molecule has 1 aliphatic heterocycles. The van der Waals surface area contributed by atoms with Gasteiger partial charge in [-0.1, -0.05) is 0 Å². The first kappa shape index (κ1) is 15.2. The van der Waals surface area contributed by atoms with Crippen LogP contribution >= 0.6 is 23.8 Å². The summed E-state index contributed by atoms with van der Waals surface area (Å²) in [6, 6.07) is -0.493. The van der Waals surface area contributed by atoms with Crippen molar-refractivity contribution in [3.8, 4) is 0 Å². The van der Waals surface area contributed by atoms with E-state index in [0.29, 0.717) is 0 Å². The van der Waals surface area contributed by atoms with Gasteiger partial charge in [-0.3, -0.25) is 9.78 Å². The third kappa shape index (κ3) is 3.05. The lowest BCUT2D eigenvalue weighted by Gasteiger charge is -2.16. The van der Waals surface area contributed by atoms with Crippen molar-refractivity contribution in [3.63, 3.8) is 0 Å². The molecule has 0 unspecified atom stereocenters. The minimum atomic E-state index is -3.16. The molecule has 0 aliphatic carbocycles. The Hall–Kier alpha value is -1.72. The Morgan fingerprint density at radius 1 is 1.45 bits per heavy atom. The lowest BCUT2D eigenvalue weighted by atomic mass is 10.2. The van der Waals surface area contributed by atoms with Gasteiger partial charge in [-0.05, 0) is 12.2 Å². The first-order valence-electron chi connectivity index (χ1n) is 6.19. The fourth-order valence-electron chi connectivity index (χ4n) is 2.15. The van der Waals surface area contributed by atoms with Crippen LogP contribution in [0.1, 0.15) is 0 Å². The number of rotatable bonds is 2. The third-order valence-corrected chi connectivity index (χ3v) is 5.72. The molecular weight excluding hydrogens is 352 g/mol. The monoisotopic (exact) mass is 362 g/mol. The van der Waals surface area contributed by atoms with E-state index in [0.717, 1.165) is 0 Å². The molecule has 3 heterocycles. The summed E-state index contributed by atoms with van der Waals surface area (Å²) in [5, 5.41) is 5.05. The molecule has 9 nitrogen and oxygen atoms in total. The molecule has 2 atom stereocenters. The van der Waals surface area contributed by atoms with Crippen LogP contribution in [0.4, 0.5) is 5.95 Å². The predicted molar refractivity (Wildman–Crippen MR) is 85.9 cm³/mol. The first-order valence-corrected chi connectivity index (χ1v) is 8.86. The Morgan fingerprint density at radius 2 is 2.23 bits per heavy atom. The second-order valence-corrected chi connectivity index (χ2v) is 7.94. The highest BCUT2D eigenvalue weighted by Crippen LogP contribution is 2.18. The molecule has 12 heteroatoms. The van der Waals surface area contributed by atoms with Crippen LogP contribution in [0.25, 0.3) is 11.2 Å². The number of sulfone groups is 1. The van der Waals surface area contributed by atoms with Crippen LogP contribution in [-0.2, 0) is 9.84 Å². The van der Waals surface area contributed by atoms with E-state index in [1.807, 2.05) is 0 Å². The maximum atomic E-state index is 11.8. The molecule has 0 saturated carbocycles. The van der Waals surface area contributed by atoms with Crippen molar-refractivity contribution in [1.29, 1.82) is 0 Å². The average molecular weight is 363 g/mol. The Balaban J connectivity index is 1.72. The molecule has 3 rings (SSSR count). The number of nitrogens with zero attached hydrogens (tertiary/aromatic N) is 2. The first-order chi connectivity index (χ1) is 10.3. The number of imidazole rings is 1. The van der Waals surface area contributed by atoms with E-state index in [9.17, 15) is 13.2 Å². The summed E-state index contributed by atoms with van der Waals surface area (Å²) in [5.74, 6) is -0.0804. The quantitative estimate of drug-likeness (QED) is 0.408. The van der Waals surface area contributed by atoms with Crippen molar-refractivity contribution in [2.75, 3.05) is 16.8 Å². The van der Waals surface area contributed by atoms with Gasteiger partial charge in [0.15, 0.2) is 26.1 Å². The lowest BCUT2D eigenvalue weighted by Crippen LogP contribution is -2.43. The Labute approximate surface area is 134 Å². The van der Waals surface area contributed by atoms with Crippen LogP contribution in [0.3, 0.4) is 0 Å². The predicted octanol–water partition coefficient (Wildman–Crippen LogP) is -0.663. The summed E-state index contributed by atoms with van der Waals surface area (Å²) < 4.78 is 23.0. The van der Waals surface area contributed by atoms with Crippen LogP contribution in [0.2, 0.25) is 0 Å². The minimum absolute atomic E-state index is 0.0919. The molecule has 118 valence electrons. The van der Waals surface area contributed by atoms with Crippen molar-refractivity contribution >= 4 is 55.9 Å². The van der Waals surface area contributed by atoms with Gasteiger partial charge in [0.1, 0.15) is 0 Å². The second kappa shape index (κ2) is 5.48. The molecule has 1 aliphatic rings. The molecular formula is C10H11ClN6O3S2. The number of thiocarbonyl (C=S) groups is 1. The number of aromatic nitrogens is 4. The summed E-state index contributed by atoms with van der Waals surface area (Å²) in [7, 11) is -3.16. The van der Waals surface area contributed by atoms with Crippen molar-refractivity contribution in [1.82, 2.24) is 25.3 Å². The Kier molecular flexibility index (Phi) is 3.78. The number of alkyl halides is 1. The van der Waals surface area contributed by atoms with Gasteiger partial charge < -0.3 is 15.6 Å². The van der Waals surface area contributed by atoms with E-state index in [1.165, 1.54) is 6.33 Å². The molecule has 0 bridgehead atoms. The van der Waals surface area contributed by atoms with E-state index < -0.39 is 26.8 Å². The zero-order valence-corrected chi connectivity index (χ0v) is 13.3. The molecule has 2 aromatic heterocycles. The molecule has 0 spiro atoms. The van der Waals surface area contributed by atoms with Crippen LogP contribution in [0, 0.1) is 0 Å². The average Bonchev–Trinajstić information content (AvgIpc) is 2.94. The smallest absolute Gasteiger partial charge is 0.278 e. The van der Waals surface area contributed by atoms with Gasteiger partial charge in [0.05, 0.1) is 29.3 Å². The van der Waals surface area contributed by atoms with Gasteiger partial charge in [0, 0.05) is 0 Å². The van der Waals surface area contributed by atoms with Gasteiger partial charge in [-0.25, -0.2) is 13.4 Å². The van der Waals surface area contributed by atoms with Gasteiger partial charge >= 0.3 is 0 Å². The summed E-state index contributed by atoms with van der Waals surface area (Å²) in [4.78, 5) is 24.9. The standard InChI is InChI=1S/C10H11ClN6O3S2/c11-4-1-22(19,20)2-5(4)14-10(21)17-9-15-7-6(8(18)16-9)12-3-13-7/h3-5H,1-2H2,(H4,12,13,14,15,16,17,18,21)/t4-,5+/m1/s1. The maximum Gasteiger partial charge on any atom is 0.278 e. The number of nitrogens with one attached hydrogen (secondary N) is 4. The molecule has 2 aromatic rings.